The van der Waals surface area contributed by atoms with Crippen LogP contribution in [0.4, 0.5) is 20.2 Å². The van der Waals surface area contributed by atoms with E-state index in [4.69, 9.17) is 16.3 Å². The highest BCUT2D eigenvalue weighted by atomic mass is 35.5. The number of nitro groups is 1. The van der Waals surface area contributed by atoms with E-state index in [2.05, 4.69) is 10.4 Å². The fourth-order valence-electron chi connectivity index (χ4n) is 2.83. The molecule has 0 atom stereocenters. The number of nitrogens with one attached hydrogen (secondary N) is 1. The Hall–Kier alpha value is -2.75. The molecule has 1 N–H and O–H groups in total. The van der Waals surface area contributed by atoms with Crippen LogP contribution in [0.1, 0.15) is 43.5 Å². The van der Waals surface area contributed by atoms with Crippen LogP contribution in [0.5, 0.6) is 5.75 Å². The van der Waals surface area contributed by atoms with Gasteiger partial charge >= 0.3 is 0 Å². The van der Waals surface area contributed by atoms with Crippen LogP contribution in [-0.2, 0) is 11.3 Å². The zero-order valence-electron chi connectivity index (χ0n) is 14.8. The number of anilines is 1. The van der Waals surface area contributed by atoms with Gasteiger partial charge in [-0.1, -0.05) is 11.6 Å². The topological polar surface area (TPSA) is 99.3 Å². The average Bonchev–Trinajstić information content (AvgIpc) is 3.40. The summed E-state index contributed by atoms with van der Waals surface area (Å²) in [4.78, 5) is 23.0. The van der Waals surface area contributed by atoms with Gasteiger partial charge in [-0.05, 0) is 31.9 Å². The second-order valence-corrected chi connectivity index (χ2v) is 6.61. The summed E-state index contributed by atoms with van der Waals surface area (Å²) in [5, 5.41) is 17.3. The number of carbonyl (C=O) groups is 1. The molecule has 0 unspecified atom stereocenters. The molecule has 3 rings (SSSR count). The quantitative estimate of drug-likeness (QED) is 0.513. The molecule has 0 bridgehead atoms. The highest BCUT2D eigenvalue weighted by Gasteiger charge is 2.34. The van der Waals surface area contributed by atoms with Crippen LogP contribution in [0.25, 0.3) is 0 Å². The Bertz CT molecular complexity index is 915. The summed E-state index contributed by atoms with van der Waals surface area (Å²) >= 11 is 6.02. The first-order valence-corrected chi connectivity index (χ1v) is 8.95. The van der Waals surface area contributed by atoms with Gasteiger partial charge in [0.05, 0.1) is 28.3 Å². The summed E-state index contributed by atoms with van der Waals surface area (Å²) in [5.74, 6) is -0.363. The number of nitro benzene ring substituents is 1. The van der Waals surface area contributed by atoms with E-state index in [1.165, 1.54) is 18.2 Å². The fraction of sp³-hybridized carbons (Fsp3) is 0.412. The van der Waals surface area contributed by atoms with E-state index in [0.29, 0.717) is 18.1 Å². The van der Waals surface area contributed by atoms with Gasteiger partial charge in [-0.15, -0.1) is 0 Å². The Kier molecular flexibility index (Phi) is 5.78. The number of amides is 1. The molecular weight excluding hydrogens is 398 g/mol. The third kappa shape index (κ3) is 4.22. The normalized spacial score (nSPS) is 13.6. The molecule has 2 aromatic rings. The Labute approximate surface area is 163 Å². The lowest BCUT2D eigenvalue weighted by Gasteiger charge is -2.10. The van der Waals surface area contributed by atoms with Gasteiger partial charge in [-0.3, -0.25) is 19.6 Å². The van der Waals surface area contributed by atoms with Gasteiger partial charge in [0, 0.05) is 5.92 Å². The van der Waals surface area contributed by atoms with Crippen LogP contribution < -0.4 is 10.1 Å². The van der Waals surface area contributed by atoms with Crippen LogP contribution in [-0.4, -0.2) is 27.2 Å². The number of aromatic nitrogens is 2. The molecule has 1 saturated carbocycles. The van der Waals surface area contributed by atoms with Crippen molar-refractivity contribution in [3.63, 3.8) is 0 Å². The minimum atomic E-state index is -2.86. The monoisotopic (exact) mass is 414 g/mol. The van der Waals surface area contributed by atoms with Gasteiger partial charge in [-0.25, -0.2) is 8.78 Å². The maximum absolute atomic E-state index is 13.1. The molecule has 1 aromatic heterocycles. The number of hydrogen-bond donors (Lipinski definition) is 1. The molecule has 28 heavy (non-hydrogen) atoms. The van der Waals surface area contributed by atoms with E-state index in [1.807, 2.05) is 0 Å². The maximum atomic E-state index is 13.1. The summed E-state index contributed by atoms with van der Waals surface area (Å²) in [7, 11) is 0. The van der Waals surface area contributed by atoms with Crippen molar-refractivity contribution in [2.24, 2.45) is 0 Å². The van der Waals surface area contributed by atoms with Crippen molar-refractivity contribution >= 4 is 28.9 Å². The molecule has 0 spiro atoms. The second kappa shape index (κ2) is 8.09. The summed E-state index contributed by atoms with van der Waals surface area (Å²) in [6.07, 6.45) is -1.30. The van der Waals surface area contributed by atoms with Crippen molar-refractivity contribution in [2.45, 2.75) is 38.7 Å². The predicted octanol–water partition coefficient (Wildman–Crippen LogP) is 4.30. The zero-order valence-corrected chi connectivity index (χ0v) is 15.6. The number of carbonyl (C=O) groups excluding carboxylic acids is 1. The standard InChI is InChI=1S/C17H17ClF2N4O4/c1-2-28-10-5-6-11(12(7-10)24(26)27)21-13(25)8-23-16(9-3-4-9)14(18)15(22-23)17(19)20/h5-7,9,17H,2-4,8H2,1H3,(H,21,25). The molecular formula is C17H17ClF2N4O4. The summed E-state index contributed by atoms with van der Waals surface area (Å²) < 4.78 is 32.5. The minimum Gasteiger partial charge on any atom is -0.494 e. The summed E-state index contributed by atoms with van der Waals surface area (Å²) in [5.41, 5.74) is -0.538. The van der Waals surface area contributed by atoms with Crippen LogP contribution in [0, 0.1) is 10.1 Å². The van der Waals surface area contributed by atoms with E-state index in [0.717, 1.165) is 17.5 Å². The molecule has 1 aliphatic carbocycles. The van der Waals surface area contributed by atoms with E-state index >= 15 is 0 Å². The van der Waals surface area contributed by atoms with E-state index < -0.39 is 22.9 Å². The first kappa shape index (κ1) is 20.0. The number of alkyl halides is 2. The van der Waals surface area contributed by atoms with Gasteiger partial charge < -0.3 is 10.1 Å². The van der Waals surface area contributed by atoms with Gasteiger partial charge in [0.1, 0.15) is 23.7 Å². The number of rotatable bonds is 8. The van der Waals surface area contributed by atoms with Crippen molar-refractivity contribution in [3.05, 3.63) is 44.7 Å². The molecule has 1 heterocycles. The largest absolute Gasteiger partial charge is 0.494 e. The summed E-state index contributed by atoms with van der Waals surface area (Å²) in [6.45, 7) is 1.68. The number of hydrogen-bond acceptors (Lipinski definition) is 5. The third-order valence-corrected chi connectivity index (χ3v) is 4.56. The van der Waals surface area contributed by atoms with Gasteiger partial charge in [0.25, 0.3) is 12.1 Å². The van der Waals surface area contributed by atoms with Gasteiger partial charge in [0.15, 0.2) is 0 Å². The third-order valence-electron chi connectivity index (χ3n) is 4.17. The first-order chi connectivity index (χ1) is 13.3. The molecule has 1 fully saturated rings. The molecule has 150 valence electrons. The number of nitrogens with zero attached hydrogens (tertiary/aromatic N) is 3. The highest BCUT2D eigenvalue weighted by molar-refractivity contribution is 6.32. The molecule has 0 saturated heterocycles. The van der Waals surface area contributed by atoms with Crippen molar-refractivity contribution < 1.29 is 23.2 Å². The van der Waals surface area contributed by atoms with Crippen molar-refractivity contribution in [3.8, 4) is 5.75 Å². The molecule has 0 aliphatic heterocycles. The SMILES string of the molecule is CCOc1ccc(NC(=O)Cn2nc(C(F)F)c(Cl)c2C2CC2)c([N+](=O)[O-])c1. The molecule has 8 nitrogen and oxygen atoms in total. The lowest BCUT2D eigenvalue weighted by Crippen LogP contribution is -2.21. The number of ether oxygens (including phenoxy) is 1. The van der Waals surface area contributed by atoms with Crippen LogP contribution in [0.2, 0.25) is 5.02 Å². The van der Waals surface area contributed by atoms with Crippen LogP contribution >= 0.6 is 11.6 Å². The maximum Gasteiger partial charge on any atom is 0.296 e. The minimum absolute atomic E-state index is 0.0138. The van der Waals surface area contributed by atoms with Crippen molar-refractivity contribution in [1.82, 2.24) is 9.78 Å². The predicted molar refractivity (Wildman–Crippen MR) is 97.1 cm³/mol. The Morgan fingerprint density at radius 2 is 2.21 bits per heavy atom. The Morgan fingerprint density at radius 1 is 1.50 bits per heavy atom. The molecule has 11 heteroatoms. The highest BCUT2D eigenvalue weighted by Crippen LogP contribution is 2.45. The van der Waals surface area contributed by atoms with Crippen molar-refractivity contribution in [1.29, 1.82) is 0 Å². The molecule has 1 amide bonds. The van der Waals surface area contributed by atoms with E-state index in [9.17, 15) is 23.7 Å². The molecule has 0 radical (unpaired) electrons. The lowest BCUT2D eigenvalue weighted by atomic mass is 10.2. The lowest BCUT2D eigenvalue weighted by molar-refractivity contribution is -0.384. The fourth-order valence-corrected chi connectivity index (χ4v) is 3.20. The first-order valence-electron chi connectivity index (χ1n) is 8.57. The van der Waals surface area contributed by atoms with Crippen molar-refractivity contribution in [2.75, 3.05) is 11.9 Å². The van der Waals surface area contributed by atoms with Crippen LogP contribution in [0.3, 0.4) is 0 Å². The molecule has 1 aromatic carbocycles. The smallest absolute Gasteiger partial charge is 0.296 e. The van der Waals surface area contributed by atoms with E-state index in [1.54, 1.807) is 6.92 Å². The number of benzene rings is 1. The Balaban J connectivity index is 1.81. The Morgan fingerprint density at radius 3 is 2.79 bits per heavy atom. The summed E-state index contributed by atoms with van der Waals surface area (Å²) in [6, 6.07) is 4.04. The number of halogens is 3. The van der Waals surface area contributed by atoms with E-state index in [-0.39, 0.29) is 28.9 Å². The average molecular weight is 415 g/mol. The van der Waals surface area contributed by atoms with Gasteiger partial charge in [0.2, 0.25) is 5.91 Å². The van der Waals surface area contributed by atoms with Crippen LogP contribution in [0.15, 0.2) is 18.2 Å². The molecule has 1 aliphatic rings. The zero-order chi connectivity index (χ0) is 20.4. The second-order valence-electron chi connectivity index (χ2n) is 6.23. The van der Waals surface area contributed by atoms with Gasteiger partial charge in [-0.2, -0.15) is 5.10 Å².